The molecule has 1 aliphatic rings. The van der Waals surface area contributed by atoms with Gasteiger partial charge in [0, 0.05) is 18.0 Å². The van der Waals surface area contributed by atoms with Gasteiger partial charge < -0.3 is 5.32 Å². The summed E-state index contributed by atoms with van der Waals surface area (Å²) in [7, 11) is 0. The molecule has 1 aliphatic carbocycles. The van der Waals surface area contributed by atoms with Crippen molar-refractivity contribution in [3.05, 3.63) is 41.4 Å². The van der Waals surface area contributed by atoms with E-state index in [0.29, 0.717) is 18.3 Å². The zero-order chi connectivity index (χ0) is 15.6. The summed E-state index contributed by atoms with van der Waals surface area (Å²) in [5.74, 6) is -0.252. The second-order valence-corrected chi connectivity index (χ2v) is 6.30. The van der Waals surface area contributed by atoms with Gasteiger partial charge in [-0.05, 0) is 25.0 Å². The molecule has 0 aliphatic heterocycles. The van der Waals surface area contributed by atoms with Crippen molar-refractivity contribution in [2.45, 2.75) is 25.4 Å². The summed E-state index contributed by atoms with van der Waals surface area (Å²) in [4.78, 5) is 16.0. The highest BCUT2D eigenvalue weighted by Crippen LogP contribution is 2.33. The van der Waals surface area contributed by atoms with Crippen LogP contribution in [0.2, 0.25) is 0 Å². The van der Waals surface area contributed by atoms with Crippen LogP contribution in [-0.2, 0) is 6.54 Å². The largest absolute Gasteiger partial charge is 0.344 e. The fourth-order valence-corrected chi connectivity index (χ4v) is 2.87. The first-order valence-electron chi connectivity index (χ1n) is 7.22. The van der Waals surface area contributed by atoms with Crippen LogP contribution < -0.4 is 5.32 Å². The molecule has 0 aromatic carbocycles. The number of rotatable bonds is 5. The highest BCUT2D eigenvalue weighted by Gasteiger charge is 2.25. The molecule has 3 aromatic rings. The number of amides is 1. The summed E-state index contributed by atoms with van der Waals surface area (Å²) >= 11 is 1.44. The third-order valence-corrected chi connectivity index (χ3v) is 4.43. The minimum atomic E-state index is -0.252. The van der Waals surface area contributed by atoms with E-state index >= 15 is 0 Å². The number of hydrogen-bond donors (Lipinski definition) is 1. The summed E-state index contributed by atoms with van der Waals surface area (Å²) in [6.45, 7) is 0.317. The van der Waals surface area contributed by atoms with E-state index in [1.807, 2.05) is 12.1 Å². The van der Waals surface area contributed by atoms with Crippen LogP contribution in [0.5, 0.6) is 0 Å². The minimum absolute atomic E-state index is 0.252. The van der Waals surface area contributed by atoms with Gasteiger partial charge in [-0.15, -0.1) is 15.3 Å². The lowest BCUT2D eigenvalue weighted by Crippen LogP contribution is -2.23. The van der Waals surface area contributed by atoms with Crippen LogP contribution in [0.4, 0.5) is 0 Å². The molecule has 1 fully saturated rings. The Hall–Kier alpha value is -2.68. The van der Waals surface area contributed by atoms with Crippen molar-refractivity contribution in [1.82, 2.24) is 35.5 Å². The minimum Gasteiger partial charge on any atom is -0.344 e. The van der Waals surface area contributed by atoms with E-state index in [0.717, 1.165) is 28.4 Å². The molecule has 9 heteroatoms. The first-order valence-corrected chi connectivity index (χ1v) is 8.04. The quantitative estimate of drug-likeness (QED) is 0.761. The third-order valence-electron chi connectivity index (χ3n) is 3.46. The van der Waals surface area contributed by atoms with Crippen molar-refractivity contribution in [2.24, 2.45) is 0 Å². The fraction of sp³-hybridized carbons (Fsp3) is 0.286. The van der Waals surface area contributed by atoms with E-state index in [2.05, 4.69) is 30.8 Å². The van der Waals surface area contributed by atoms with E-state index in [-0.39, 0.29) is 5.91 Å². The Kier molecular flexibility index (Phi) is 3.54. The maximum Gasteiger partial charge on any atom is 0.273 e. The predicted octanol–water partition coefficient (Wildman–Crippen LogP) is 1.46. The molecule has 0 saturated heterocycles. The summed E-state index contributed by atoms with van der Waals surface area (Å²) in [5.41, 5.74) is 1.29. The second kappa shape index (κ2) is 5.84. The van der Waals surface area contributed by atoms with Gasteiger partial charge in [0.25, 0.3) is 5.91 Å². The molecule has 23 heavy (non-hydrogen) atoms. The first kappa shape index (κ1) is 13.9. The van der Waals surface area contributed by atoms with Crippen LogP contribution in [0.3, 0.4) is 0 Å². The van der Waals surface area contributed by atoms with Crippen molar-refractivity contribution in [3.8, 4) is 10.6 Å². The van der Waals surface area contributed by atoms with Crippen LogP contribution in [0, 0.1) is 0 Å². The van der Waals surface area contributed by atoms with Gasteiger partial charge in [-0.3, -0.25) is 9.78 Å². The third kappa shape index (κ3) is 3.09. The molecule has 0 atom stereocenters. The van der Waals surface area contributed by atoms with Gasteiger partial charge in [0.15, 0.2) is 5.69 Å². The van der Waals surface area contributed by atoms with Crippen molar-refractivity contribution in [1.29, 1.82) is 0 Å². The number of nitrogens with one attached hydrogen (secondary N) is 1. The molecule has 3 aromatic heterocycles. The molecule has 4 rings (SSSR count). The van der Waals surface area contributed by atoms with Crippen LogP contribution in [0.25, 0.3) is 10.6 Å². The molecule has 0 bridgehead atoms. The molecule has 8 nitrogen and oxygen atoms in total. The Balaban J connectivity index is 1.38. The van der Waals surface area contributed by atoms with E-state index < -0.39 is 0 Å². The second-order valence-electron chi connectivity index (χ2n) is 5.23. The molecular weight excluding hydrogens is 314 g/mol. The number of aromatic nitrogens is 6. The highest BCUT2D eigenvalue weighted by molar-refractivity contribution is 7.14. The lowest BCUT2D eigenvalue weighted by molar-refractivity contribution is 0.0945. The van der Waals surface area contributed by atoms with Crippen LogP contribution in [0.1, 0.15) is 34.4 Å². The van der Waals surface area contributed by atoms with E-state index in [4.69, 9.17) is 0 Å². The van der Waals surface area contributed by atoms with Gasteiger partial charge in [-0.25, -0.2) is 4.68 Å². The van der Waals surface area contributed by atoms with Gasteiger partial charge in [-0.1, -0.05) is 16.6 Å². The topological polar surface area (TPSA) is 98.5 Å². The average molecular weight is 327 g/mol. The SMILES string of the molecule is O=C(NCc1nnc(-c2ccncc2)s1)c1cn(C2CC2)nn1. The number of carbonyl (C=O) groups excluding carboxylic acids is 1. The number of pyridine rings is 1. The van der Waals surface area contributed by atoms with Crippen molar-refractivity contribution in [2.75, 3.05) is 0 Å². The number of nitrogens with zero attached hydrogens (tertiary/aromatic N) is 6. The van der Waals surface area contributed by atoms with Crippen molar-refractivity contribution in [3.63, 3.8) is 0 Å². The molecular formula is C14H13N7OS. The van der Waals surface area contributed by atoms with Gasteiger partial charge in [0.2, 0.25) is 0 Å². The Morgan fingerprint density at radius 3 is 2.87 bits per heavy atom. The lowest BCUT2D eigenvalue weighted by Gasteiger charge is -1.98. The lowest BCUT2D eigenvalue weighted by atomic mass is 10.3. The van der Waals surface area contributed by atoms with Crippen LogP contribution in [0.15, 0.2) is 30.7 Å². The normalized spacial score (nSPS) is 13.9. The smallest absolute Gasteiger partial charge is 0.273 e. The van der Waals surface area contributed by atoms with E-state index in [1.165, 1.54) is 11.3 Å². The summed E-state index contributed by atoms with van der Waals surface area (Å²) in [6, 6.07) is 4.16. The molecule has 0 radical (unpaired) electrons. The Bertz CT molecular complexity index is 825. The molecule has 1 N–H and O–H groups in total. The maximum absolute atomic E-state index is 12.1. The van der Waals surface area contributed by atoms with Gasteiger partial charge in [0.05, 0.1) is 18.8 Å². The van der Waals surface area contributed by atoms with Crippen molar-refractivity contribution < 1.29 is 4.79 Å². The molecule has 1 amide bonds. The maximum atomic E-state index is 12.1. The van der Waals surface area contributed by atoms with Gasteiger partial charge in [0.1, 0.15) is 10.0 Å². The summed E-state index contributed by atoms with van der Waals surface area (Å²) in [5, 5.41) is 20.4. The van der Waals surface area contributed by atoms with E-state index in [1.54, 1.807) is 23.3 Å². The van der Waals surface area contributed by atoms with E-state index in [9.17, 15) is 4.79 Å². The summed E-state index contributed by atoms with van der Waals surface area (Å²) in [6.07, 6.45) is 7.32. The number of carbonyl (C=O) groups is 1. The van der Waals surface area contributed by atoms with Crippen LogP contribution in [-0.4, -0.2) is 36.1 Å². The Labute approximate surface area is 135 Å². The molecule has 1 saturated carbocycles. The standard InChI is InChI=1S/C14H13N7OS/c22-13(11-8-21(20-17-11)10-1-2-10)16-7-12-18-19-14(23-12)9-3-5-15-6-4-9/h3-6,8,10H,1-2,7H2,(H,16,22). The van der Waals surface area contributed by atoms with Crippen molar-refractivity contribution >= 4 is 17.2 Å². The molecule has 0 unspecified atom stereocenters. The zero-order valence-corrected chi connectivity index (χ0v) is 12.9. The molecule has 116 valence electrons. The zero-order valence-electron chi connectivity index (χ0n) is 12.1. The van der Waals surface area contributed by atoms with Gasteiger partial charge in [-0.2, -0.15) is 0 Å². The first-order chi connectivity index (χ1) is 11.3. The predicted molar refractivity (Wildman–Crippen MR) is 82.6 cm³/mol. The van der Waals surface area contributed by atoms with Gasteiger partial charge >= 0.3 is 0 Å². The Morgan fingerprint density at radius 1 is 1.26 bits per heavy atom. The number of hydrogen-bond acceptors (Lipinski definition) is 7. The average Bonchev–Trinajstić information content (AvgIpc) is 3.14. The Morgan fingerprint density at radius 2 is 2.09 bits per heavy atom. The molecule has 3 heterocycles. The highest BCUT2D eigenvalue weighted by atomic mass is 32.1. The monoisotopic (exact) mass is 327 g/mol. The summed E-state index contributed by atoms with van der Waals surface area (Å²) < 4.78 is 1.75. The fourth-order valence-electron chi connectivity index (χ4n) is 2.08. The molecule has 0 spiro atoms. The van der Waals surface area contributed by atoms with Crippen LogP contribution >= 0.6 is 11.3 Å².